The van der Waals surface area contributed by atoms with E-state index in [0.717, 1.165) is 0 Å². The van der Waals surface area contributed by atoms with Gasteiger partial charge in [0, 0.05) is 36.2 Å². The van der Waals surface area contributed by atoms with E-state index in [9.17, 15) is 0 Å². The van der Waals surface area contributed by atoms with Crippen molar-refractivity contribution < 1.29 is 0 Å². The van der Waals surface area contributed by atoms with Crippen molar-refractivity contribution in [1.82, 2.24) is 9.13 Å². The van der Waals surface area contributed by atoms with E-state index in [0.29, 0.717) is 0 Å². The normalized spacial score (nSPS) is 14.1. The Kier molecular flexibility index (Phi) is 5.02. The number of fused-ring (bicyclic) bond motifs is 16. The van der Waals surface area contributed by atoms with Gasteiger partial charge in [-0.3, -0.25) is 0 Å². The second-order valence-electron chi connectivity index (χ2n) is 17.6. The van der Waals surface area contributed by atoms with Crippen LogP contribution >= 0.6 is 10.9 Å². The van der Waals surface area contributed by atoms with Gasteiger partial charge in [0.25, 0.3) is 0 Å². The first-order valence-electron chi connectivity index (χ1n) is 21.4. The van der Waals surface area contributed by atoms with Gasteiger partial charge in [-0.2, -0.15) is 10.9 Å². The Morgan fingerprint density at radius 1 is 0.279 bits per heavy atom. The molecule has 0 aliphatic carbocycles. The molecule has 0 saturated carbocycles. The molecule has 2 aromatic heterocycles. The molecule has 0 spiro atoms. The van der Waals surface area contributed by atoms with Gasteiger partial charge in [0.1, 0.15) is 0 Å². The average molecular weight is 787 g/mol. The summed E-state index contributed by atoms with van der Waals surface area (Å²) < 4.78 is 5.34. The lowest BCUT2D eigenvalue weighted by Crippen LogP contribution is -2.13. The Bertz CT molecular complexity index is 4260. The summed E-state index contributed by atoms with van der Waals surface area (Å²) >= 11 is 0. The van der Waals surface area contributed by atoms with Crippen LogP contribution in [-0.4, -0.2) is 9.13 Å². The molecule has 2 aliphatic heterocycles. The molecule has 0 bridgehead atoms. The molecule has 0 fully saturated rings. The molecule has 4 heterocycles. The summed E-state index contributed by atoms with van der Waals surface area (Å²) in [6.07, 6.45) is 0. The summed E-state index contributed by atoms with van der Waals surface area (Å²) in [6, 6.07) is 68.0. The number of rotatable bonds is 0. The van der Waals surface area contributed by atoms with Crippen molar-refractivity contribution in [2.24, 2.45) is 0 Å². The van der Waals surface area contributed by atoms with Crippen LogP contribution in [0.1, 0.15) is 0 Å². The molecule has 2 nitrogen and oxygen atoms in total. The number of benzene rings is 13. The predicted molar refractivity (Wildman–Crippen MR) is 261 cm³/mol. The Labute approximate surface area is 350 Å². The fourth-order valence-electron chi connectivity index (χ4n) is 12.6. The maximum Gasteiger partial charge on any atom is 0.0673 e. The zero-order valence-corrected chi connectivity index (χ0v) is 33.5. The van der Waals surface area contributed by atoms with Crippen molar-refractivity contribution in [1.29, 1.82) is 0 Å². The molecule has 278 valence electrons. The highest BCUT2D eigenvalue weighted by atomic mass is 32.2. The SMILES string of the molecule is c1cc2c3c(c1)-n1c4cc5ccc6cccc7ccc(c5c67)c4c4c5ccccc5cc(c41)[SH]3c1cc3ccccc3c3c4c5ccc6cccc7ccc(cc4n-2c13)c5c76. The highest BCUT2D eigenvalue weighted by Gasteiger charge is 2.38. The van der Waals surface area contributed by atoms with Crippen LogP contribution in [0.2, 0.25) is 0 Å². The minimum absolute atomic E-state index is 0.965. The second kappa shape index (κ2) is 10.0. The highest BCUT2D eigenvalue weighted by Crippen LogP contribution is 2.67. The van der Waals surface area contributed by atoms with Crippen LogP contribution < -0.4 is 0 Å². The molecule has 0 radical (unpaired) electrons. The van der Waals surface area contributed by atoms with Crippen molar-refractivity contribution in [2.75, 3.05) is 0 Å². The summed E-state index contributed by atoms with van der Waals surface area (Å²) in [5.74, 6) is 0. The van der Waals surface area contributed by atoms with E-state index in [-0.39, 0.29) is 0 Å². The number of thiol groups is 1. The van der Waals surface area contributed by atoms with Crippen molar-refractivity contribution >= 4 is 141 Å². The molecule has 17 rings (SSSR count). The molecule has 3 heteroatoms. The Morgan fingerprint density at radius 2 is 0.689 bits per heavy atom. The molecule has 0 atom stereocenters. The number of hydrogen-bond acceptors (Lipinski definition) is 0. The molecular formula is C58H30N2S. The first-order chi connectivity index (χ1) is 30.3. The van der Waals surface area contributed by atoms with E-state index in [2.05, 4.69) is 185 Å². The molecule has 61 heavy (non-hydrogen) atoms. The van der Waals surface area contributed by atoms with Crippen molar-refractivity contribution in [3.8, 4) is 11.4 Å². The van der Waals surface area contributed by atoms with E-state index in [4.69, 9.17) is 0 Å². The van der Waals surface area contributed by atoms with Crippen LogP contribution in [0.15, 0.2) is 191 Å². The third kappa shape index (κ3) is 3.32. The van der Waals surface area contributed by atoms with Gasteiger partial charge in [-0.05, 0) is 123 Å². The van der Waals surface area contributed by atoms with E-state index >= 15 is 0 Å². The fraction of sp³-hybridized carbons (Fsp3) is 0. The standard InChI is InChI=1S/C58H30N2S/c1-3-14-38-34(8-1)28-46-56-54(38)52-40-24-22-32-12-5-10-30-18-20-36(50(40)48(30)32)26-44(52)59(56)42-16-7-17-43-58(42)61(46)47-29-35-9-2-4-15-39(35)55-53-41-25-23-33-13-6-11-31-19-21-37(51(41)49(31)33)27-45(53)60(43)57(47)55/h1-29,61H. The topological polar surface area (TPSA) is 9.86 Å². The number of nitrogens with zero attached hydrogens (tertiary/aromatic N) is 2. The molecule has 13 aromatic carbocycles. The van der Waals surface area contributed by atoms with Crippen LogP contribution in [0.3, 0.4) is 0 Å². The zero-order valence-electron chi connectivity index (χ0n) is 32.6. The van der Waals surface area contributed by atoms with Crippen LogP contribution in [0, 0.1) is 0 Å². The minimum atomic E-state index is -0.965. The monoisotopic (exact) mass is 786 g/mol. The van der Waals surface area contributed by atoms with Crippen LogP contribution in [0.25, 0.3) is 141 Å². The Balaban J connectivity index is 1.12. The van der Waals surface area contributed by atoms with E-state index < -0.39 is 10.9 Å². The molecule has 0 unspecified atom stereocenters. The Morgan fingerprint density at radius 3 is 1.18 bits per heavy atom. The summed E-state index contributed by atoms with van der Waals surface area (Å²) in [5.41, 5.74) is 7.94. The summed E-state index contributed by atoms with van der Waals surface area (Å²) in [6.45, 7) is 0. The first-order valence-corrected chi connectivity index (χ1v) is 22.7. The average Bonchev–Trinajstić information content (AvgIpc) is 3.84. The molecule has 0 saturated heterocycles. The lowest BCUT2D eigenvalue weighted by Gasteiger charge is -2.38. The third-order valence-corrected chi connectivity index (χ3v) is 17.4. The molecule has 2 aliphatic rings. The highest BCUT2D eigenvalue weighted by molar-refractivity contribution is 8.17. The molecule has 15 aromatic rings. The lowest BCUT2D eigenvalue weighted by molar-refractivity contribution is 1.02. The minimum Gasteiger partial charge on any atom is -0.307 e. The lowest BCUT2D eigenvalue weighted by atomic mass is 9.91. The quantitative estimate of drug-likeness (QED) is 0.116. The summed E-state index contributed by atoms with van der Waals surface area (Å²) in [5, 5.41) is 26.8. The van der Waals surface area contributed by atoms with Crippen LogP contribution in [0.4, 0.5) is 0 Å². The largest absolute Gasteiger partial charge is 0.307 e. The van der Waals surface area contributed by atoms with E-state index in [1.165, 1.54) is 156 Å². The fourth-order valence-corrected chi connectivity index (χ4v) is 15.6. The van der Waals surface area contributed by atoms with Gasteiger partial charge in [0.2, 0.25) is 0 Å². The maximum absolute atomic E-state index is 2.67. The van der Waals surface area contributed by atoms with Gasteiger partial charge in [-0.25, -0.2) is 0 Å². The molecule has 0 amide bonds. The van der Waals surface area contributed by atoms with E-state index in [1.807, 2.05) is 0 Å². The van der Waals surface area contributed by atoms with Gasteiger partial charge in [0.05, 0.1) is 33.4 Å². The zero-order chi connectivity index (χ0) is 39.0. The van der Waals surface area contributed by atoms with Gasteiger partial charge in [0.15, 0.2) is 0 Å². The van der Waals surface area contributed by atoms with E-state index in [1.54, 1.807) is 0 Å². The maximum atomic E-state index is 2.67. The smallest absolute Gasteiger partial charge is 0.0673 e. The molecular weight excluding hydrogens is 757 g/mol. The van der Waals surface area contributed by atoms with Crippen molar-refractivity contribution in [3.63, 3.8) is 0 Å². The summed E-state index contributed by atoms with van der Waals surface area (Å²) in [7, 11) is -0.965. The van der Waals surface area contributed by atoms with Crippen LogP contribution in [0.5, 0.6) is 0 Å². The van der Waals surface area contributed by atoms with Gasteiger partial charge >= 0.3 is 0 Å². The number of aromatic nitrogens is 2. The van der Waals surface area contributed by atoms with Gasteiger partial charge in [-0.15, -0.1) is 0 Å². The first kappa shape index (κ1) is 30.5. The second-order valence-corrected chi connectivity index (χ2v) is 19.7. The third-order valence-electron chi connectivity index (χ3n) is 14.9. The predicted octanol–water partition coefficient (Wildman–Crippen LogP) is 16.1. The van der Waals surface area contributed by atoms with Gasteiger partial charge < -0.3 is 9.13 Å². The summed E-state index contributed by atoms with van der Waals surface area (Å²) in [4.78, 5) is 4.36. The van der Waals surface area contributed by atoms with Crippen molar-refractivity contribution in [3.05, 3.63) is 176 Å². The molecule has 0 N–H and O–H groups in total. The number of hydrogen-bond donors (Lipinski definition) is 1. The van der Waals surface area contributed by atoms with Gasteiger partial charge in [-0.1, -0.05) is 140 Å². The van der Waals surface area contributed by atoms with Crippen LogP contribution in [-0.2, 0) is 0 Å². The van der Waals surface area contributed by atoms with Crippen molar-refractivity contribution in [2.45, 2.75) is 14.7 Å². The Hall–Kier alpha value is -7.59.